The highest BCUT2D eigenvalue weighted by Crippen LogP contribution is 2.24. The minimum absolute atomic E-state index is 0.0588. The van der Waals surface area contributed by atoms with Crippen LogP contribution in [0.4, 0.5) is 4.79 Å². The van der Waals surface area contributed by atoms with Crippen molar-refractivity contribution in [2.24, 2.45) is 0 Å². The number of carbonyl (C=O) groups excluding carboxylic acids is 2. The van der Waals surface area contributed by atoms with E-state index in [4.69, 9.17) is 0 Å². The van der Waals surface area contributed by atoms with Gasteiger partial charge in [0.05, 0.1) is 23.1 Å². The zero-order chi connectivity index (χ0) is 22.2. The molecule has 1 fully saturated rings. The highest BCUT2D eigenvalue weighted by molar-refractivity contribution is 7.99. The van der Waals surface area contributed by atoms with E-state index in [9.17, 15) is 14.4 Å². The lowest BCUT2D eigenvalue weighted by Gasteiger charge is -2.12. The average Bonchev–Trinajstić information content (AvgIpc) is 3.36. The van der Waals surface area contributed by atoms with Gasteiger partial charge in [0.2, 0.25) is 11.7 Å². The number of urea groups is 1. The van der Waals surface area contributed by atoms with Crippen LogP contribution in [-0.2, 0) is 4.79 Å². The SMILES string of the molecule is Cc1ccc(-n2c(=O)c3ccccc3n3c(SCCCN4C(=O)CNC4=O)nnc23)cc1. The highest BCUT2D eigenvalue weighted by Gasteiger charge is 2.27. The van der Waals surface area contributed by atoms with Crippen LogP contribution in [0.15, 0.2) is 58.5 Å². The normalized spacial score (nSPS) is 14.0. The standard InChI is InChI=1S/C22H20N6O3S/c1-14-7-9-15(10-8-14)27-19(30)16-5-2-3-6-17(16)28-20(27)24-25-22(28)32-12-4-11-26-18(29)13-23-21(26)31/h2-3,5-10H,4,11-13H2,1H3,(H,23,31). The Morgan fingerprint density at radius 2 is 1.81 bits per heavy atom. The van der Waals surface area contributed by atoms with Gasteiger partial charge in [-0.2, -0.15) is 0 Å². The molecule has 5 rings (SSSR count). The Labute approximate surface area is 187 Å². The molecule has 0 radical (unpaired) electrons. The van der Waals surface area contributed by atoms with Gasteiger partial charge in [0.1, 0.15) is 0 Å². The van der Waals surface area contributed by atoms with Crippen LogP contribution in [0.5, 0.6) is 0 Å². The molecular weight excluding hydrogens is 428 g/mol. The Balaban J connectivity index is 1.51. The number of para-hydroxylation sites is 1. The Bertz CT molecular complexity index is 1390. The van der Waals surface area contributed by atoms with Crippen molar-refractivity contribution in [3.63, 3.8) is 0 Å². The second-order valence-corrected chi connectivity index (χ2v) is 8.58. The van der Waals surface area contributed by atoms with E-state index < -0.39 is 0 Å². The third-order valence-corrected chi connectivity index (χ3v) is 6.40. The van der Waals surface area contributed by atoms with Crippen LogP contribution in [0.1, 0.15) is 12.0 Å². The van der Waals surface area contributed by atoms with Crippen LogP contribution in [-0.4, -0.2) is 54.8 Å². The third kappa shape index (κ3) is 3.42. The van der Waals surface area contributed by atoms with Crippen molar-refractivity contribution in [2.75, 3.05) is 18.8 Å². The van der Waals surface area contributed by atoms with Crippen molar-refractivity contribution >= 4 is 40.4 Å². The molecule has 1 N–H and O–H groups in total. The van der Waals surface area contributed by atoms with Crippen LogP contribution in [0.25, 0.3) is 22.4 Å². The summed E-state index contributed by atoms with van der Waals surface area (Å²) >= 11 is 1.47. The van der Waals surface area contributed by atoms with Gasteiger partial charge >= 0.3 is 6.03 Å². The number of hydrogen-bond acceptors (Lipinski definition) is 6. The number of benzene rings is 2. The fraction of sp³-hybridized carbons (Fsp3) is 0.227. The van der Waals surface area contributed by atoms with E-state index in [1.54, 1.807) is 10.6 Å². The summed E-state index contributed by atoms with van der Waals surface area (Å²) in [5.41, 5.74) is 2.40. The number of amides is 3. The first-order valence-corrected chi connectivity index (χ1v) is 11.2. The smallest absolute Gasteiger partial charge is 0.324 e. The third-order valence-electron chi connectivity index (χ3n) is 5.38. The number of carbonyl (C=O) groups is 2. The van der Waals surface area contributed by atoms with E-state index in [2.05, 4.69) is 15.5 Å². The van der Waals surface area contributed by atoms with E-state index >= 15 is 0 Å². The first-order chi connectivity index (χ1) is 15.5. The molecule has 2 aromatic heterocycles. The number of nitrogens with zero attached hydrogens (tertiary/aromatic N) is 5. The van der Waals surface area contributed by atoms with Gasteiger partial charge in [-0.05, 0) is 37.6 Å². The van der Waals surface area contributed by atoms with Gasteiger partial charge in [-0.15, -0.1) is 10.2 Å². The Morgan fingerprint density at radius 1 is 1.03 bits per heavy atom. The van der Waals surface area contributed by atoms with Gasteiger partial charge in [-0.3, -0.25) is 18.9 Å². The second kappa shape index (κ2) is 8.12. The maximum Gasteiger partial charge on any atom is 0.324 e. The molecule has 4 aromatic rings. The summed E-state index contributed by atoms with van der Waals surface area (Å²) in [4.78, 5) is 37.9. The Kier molecular flexibility index (Phi) is 5.14. The molecule has 3 heterocycles. The summed E-state index contributed by atoms with van der Waals surface area (Å²) in [5.74, 6) is 0.866. The molecule has 162 valence electrons. The van der Waals surface area contributed by atoms with E-state index in [0.29, 0.717) is 35.0 Å². The fourth-order valence-electron chi connectivity index (χ4n) is 3.77. The van der Waals surface area contributed by atoms with Crippen LogP contribution in [0, 0.1) is 6.92 Å². The van der Waals surface area contributed by atoms with E-state index in [1.807, 2.05) is 53.8 Å². The van der Waals surface area contributed by atoms with Crippen LogP contribution in [0.2, 0.25) is 0 Å². The Morgan fingerprint density at radius 3 is 2.56 bits per heavy atom. The van der Waals surface area contributed by atoms with Gasteiger partial charge in [0.25, 0.3) is 5.56 Å². The first-order valence-electron chi connectivity index (χ1n) is 10.2. The average molecular weight is 449 g/mol. The molecule has 1 saturated heterocycles. The van der Waals surface area contributed by atoms with Crippen molar-refractivity contribution < 1.29 is 9.59 Å². The van der Waals surface area contributed by atoms with E-state index in [0.717, 1.165) is 16.8 Å². The largest absolute Gasteiger partial charge is 0.329 e. The summed E-state index contributed by atoms with van der Waals surface area (Å²) in [6.07, 6.45) is 0.619. The molecule has 0 unspecified atom stereocenters. The lowest BCUT2D eigenvalue weighted by molar-refractivity contribution is -0.124. The molecule has 0 atom stereocenters. The van der Waals surface area contributed by atoms with Gasteiger partial charge < -0.3 is 5.32 Å². The molecule has 1 aliphatic rings. The zero-order valence-electron chi connectivity index (χ0n) is 17.3. The maximum absolute atomic E-state index is 13.3. The molecule has 9 nitrogen and oxygen atoms in total. The van der Waals surface area contributed by atoms with Gasteiger partial charge in [-0.1, -0.05) is 41.6 Å². The van der Waals surface area contributed by atoms with Crippen molar-refractivity contribution in [3.05, 3.63) is 64.4 Å². The lowest BCUT2D eigenvalue weighted by atomic mass is 10.2. The van der Waals surface area contributed by atoms with E-state index in [-0.39, 0.29) is 24.0 Å². The number of fused-ring (bicyclic) bond motifs is 3. The first kappa shape index (κ1) is 20.3. The van der Waals surface area contributed by atoms with Crippen molar-refractivity contribution in [1.82, 2.24) is 29.4 Å². The number of thioether (sulfide) groups is 1. The molecule has 0 saturated carbocycles. The lowest BCUT2D eigenvalue weighted by Crippen LogP contribution is -2.32. The van der Waals surface area contributed by atoms with Gasteiger partial charge in [-0.25, -0.2) is 9.36 Å². The summed E-state index contributed by atoms with van der Waals surface area (Å²) in [7, 11) is 0. The predicted molar refractivity (Wildman–Crippen MR) is 121 cm³/mol. The molecule has 2 aromatic carbocycles. The summed E-state index contributed by atoms with van der Waals surface area (Å²) in [6, 6.07) is 14.7. The van der Waals surface area contributed by atoms with Crippen LogP contribution < -0.4 is 10.9 Å². The minimum atomic E-state index is -0.346. The number of aryl methyl sites for hydroxylation is 1. The number of nitrogens with one attached hydrogen (secondary N) is 1. The summed E-state index contributed by atoms with van der Waals surface area (Å²) < 4.78 is 3.46. The number of hydrogen-bond donors (Lipinski definition) is 1. The summed E-state index contributed by atoms with van der Waals surface area (Å²) in [6.45, 7) is 2.40. The second-order valence-electron chi connectivity index (χ2n) is 7.52. The number of aromatic nitrogens is 4. The number of imide groups is 1. The fourth-order valence-corrected chi connectivity index (χ4v) is 4.63. The summed E-state index contributed by atoms with van der Waals surface area (Å²) in [5, 5.41) is 12.4. The minimum Gasteiger partial charge on any atom is -0.329 e. The molecule has 32 heavy (non-hydrogen) atoms. The van der Waals surface area contributed by atoms with Crippen LogP contribution in [0.3, 0.4) is 0 Å². The van der Waals surface area contributed by atoms with Crippen molar-refractivity contribution in [2.45, 2.75) is 18.5 Å². The molecule has 1 aliphatic heterocycles. The monoisotopic (exact) mass is 448 g/mol. The van der Waals surface area contributed by atoms with Crippen molar-refractivity contribution in [1.29, 1.82) is 0 Å². The van der Waals surface area contributed by atoms with E-state index in [1.165, 1.54) is 16.7 Å². The highest BCUT2D eigenvalue weighted by atomic mass is 32.2. The van der Waals surface area contributed by atoms with Crippen LogP contribution >= 0.6 is 11.8 Å². The molecule has 3 amide bonds. The Hall–Kier alpha value is -3.66. The molecular formula is C22H20N6O3S. The maximum atomic E-state index is 13.3. The number of rotatable bonds is 6. The molecule has 0 aliphatic carbocycles. The topological polar surface area (TPSA) is 102 Å². The molecule has 0 spiro atoms. The molecule has 0 bridgehead atoms. The molecule has 10 heteroatoms. The van der Waals surface area contributed by atoms with Crippen molar-refractivity contribution in [3.8, 4) is 5.69 Å². The quantitative estimate of drug-likeness (QED) is 0.276. The zero-order valence-corrected chi connectivity index (χ0v) is 18.1. The van der Waals surface area contributed by atoms with Gasteiger partial charge in [0.15, 0.2) is 5.16 Å². The predicted octanol–water partition coefficient (Wildman–Crippen LogP) is 2.38. The van der Waals surface area contributed by atoms with Gasteiger partial charge in [0, 0.05) is 12.3 Å².